The van der Waals surface area contributed by atoms with E-state index in [1.807, 2.05) is 24.3 Å². The Morgan fingerprint density at radius 2 is 1.87 bits per heavy atom. The quantitative estimate of drug-likeness (QED) is 0.271. The van der Waals surface area contributed by atoms with E-state index in [4.69, 9.17) is 9.47 Å². The van der Waals surface area contributed by atoms with Crippen molar-refractivity contribution in [2.24, 2.45) is 10.9 Å². The molecule has 1 aromatic rings. The van der Waals surface area contributed by atoms with Crippen LogP contribution in [0, 0.1) is 5.92 Å². The lowest BCUT2D eigenvalue weighted by atomic mass is 10.2. The summed E-state index contributed by atoms with van der Waals surface area (Å²) in [5, 5.41) is 6.57. The van der Waals surface area contributed by atoms with E-state index in [1.54, 1.807) is 14.2 Å². The third kappa shape index (κ3) is 10.4. The van der Waals surface area contributed by atoms with Crippen molar-refractivity contribution in [3.63, 3.8) is 0 Å². The molecule has 132 valence electrons. The molecule has 0 saturated heterocycles. The van der Waals surface area contributed by atoms with Crippen molar-refractivity contribution in [3.05, 3.63) is 29.8 Å². The minimum atomic E-state index is 0. The van der Waals surface area contributed by atoms with E-state index in [1.165, 1.54) is 5.56 Å². The Morgan fingerprint density at radius 1 is 1.17 bits per heavy atom. The van der Waals surface area contributed by atoms with Crippen LogP contribution in [0.25, 0.3) is 0 Å². The summed E-state index contributed by atoms with van der Waals surface area (Å²) in [6.45, 7) is 7.49. The van der Waals surface area contributed by atoms with E-state index < -0.39 is 0 Å². The topological polar surface area (TPSA) is 54.9 Å². The van der Waals surface area contributed by atoms with Gasteiger partial charge in [-0.1, -0.05) is 26.0 Å². The summed E-state index contributed by atoms with van der Waals surface area (Å²) < 4.78 is 10.7. The SMILES string of the molecule is CN=C(NCCCOCC(C)C)NCc1ccc(OC)cc1.I. The third-order valence-electron chi connectivity index (χ3n) is 3.05. The van der Waals surface area contributed by atoms with Crippen molar-refractivity contribution in [2.45, 2.75) is 26.8 Å². The number of guanidine groups is 1. The Hall–Kier alpha value is -1.02. The first-order valence-corrected chi connectivity index (χ1v) is 7.81. The second-order valence-electron chi connectivity index (χ2n) is 5.52. The standard InChI is InChI=1S/C17H29N3O2.HI/c1-14(2)13-22-11-5-10-19-17(18-3)20-12-15-6-8-16(21-4)9-7-15;/h6-9,14H,5,10-13H2,1-4H3,(H2,18,19,20);1H. The van der Waals surface area contributed by atoms with Crippen LogP contribution in [0.5, 0.6) is 5.75 Å². The molecule has 1 rings (SSSR count). The highest BCUT2D eigenvalue weighted by Gasteiger charge is 1.99. The molecule has 23 heavy (non-hydrogen) atoms. The molecular formula is C17H30IN3O2. The highest BCUT2D eigenvalue weighted by atomic mass is 127. The molecule has 0 unspecified atom stereocenters. The fourth-order valence-corrected chi connectivity index (χ4v) is 1.85. The molecule has 5 nitrogen and oxygen atoms in total. The van der Waals surface area contributed by atoms with E-state index >= 15 is 0 Å². The first-order valence-electron chi connectivity index (χ1n) is 7.81. The van der Waals surface area contributed by atoms with Crippen molar-refractivity contribution in [1.82, 2.24) is 10.6 Å². The molecule has 0 saturated carbocycles. The van der Waals surface area contributed by atoms with Gasteiger partial charge in [-0.2, -0.15) is 0 Å². The lowest BCUT2D eigenvalue weighted by molar-refractivity contribution is 0.108. The number of ether oxygens (including phenoxy) is 2. The number of halogens is 1. The van der Waals surface area contributed by atoms with Crippen LogP contribution in [-0.4, -0.2) is 39.9 Å². The van der Waals surface area contributed by atoms with Gasteiger partial charge in [-0.3, -0.25) is 4.99 Å². The lowest BCUT2D eigenvalue weighted by Crippen LogP contribution is -2.37. The third-order valence-corrected chi connectivity index (χ3v) is 3.05. The summed E-state index contributed by atoms with van der Waals surface area (Å²) in [6.07, 6.45) is 0.968. The van der Waals surface area contributed by atoms with Gasteiger partial charge in [0.25, 0.3) is 0 Å². The highest BCUT2D eigenvalue weighted by Crippen LogP contribution is 2.10. The van der Waals surface area contributed by atoms with Gasteiger partial charge in [0.2, 0.25) is 0 Å². The van der Waals surface area contributed by atoms with Gasteiger partial charge in [0.1, 0.15) is 5.75 Å². The molecule has 0 amide bonds. The van der Waals surface area contributed by atoms with Gasteiger partial charge in [-0.05, 0) is 30.0 Å². The molecule has 0 radical (unpaired) electrons. The Kier molecular flexibility index (Phi) is 12.8. The fraction of sp³-hybridized carbons (Fsp3) is 0.588. The summed E-state index contributed by atoms with van der Waals surface area (Å²) in [7, 11) is 3.45. The van der Waals surface area contributed by atoms with Gasteiger partial charge in [-0.25, -0.2) is 0 Å². The van der Waals surface area contributed by atoms with Crippen LogP contribution in [0.4, 0.5) is 0 Å². The van der Waals surface area contributed by atoms with Crippen LogP contribution in [-0.2, 0) is 11.3 Å². The van der Waals surface area contributed by atoms with Crippen LogP contribution >= 0.6 is 24.0 Å². The summed E-state index contributed by atoms with van der Waals surface area (Å²) in [4.78, 5) is 4.21. The molecule has 0 aromatic heterocycles. The Morgan fingerprint density at radius 3 is 2.43 bits per heavy atom. The second kappa shape index (κ2) is 13.4. The summed E-state index contributed by atoms with van der Waals surface area (Å²) >= 11 is 0. The first-order chi connectivity index (χ1) is 10.7. The first kappa shape index (κ1) is 22.0. The van der Waals surface area contributed by atoms with E-state index in [0.29, 0.717) is 5.92 Å². The Bertz CT molecular complexity index is 436. The number of hydrogen-bond donors (Lipinski definition) is 2. The minimum absolute atomic E-state index is 0. The second-order valence-corrected chi connectivity index (χ2v) is 5.52. The summed E-state index contributed by atoms with van der Waals surface area (Å²) in [5.74, 6) is 2.26. The zero-order valence-corrected chi connectivity index (χ0v) is 16.9. The van der Waals surface area contributed by atoms with E-state index in [9.17, 15) is 0 Å². The monoisotopic (exact) mass is 435 g/mol. The Balaban J connectivity index is 0.00000484. The number of rotatable bonds is 9. The smallest absolute Gasteiger partial charge is 0.191 e. The fourth-order valence-electron chi connectivity index (χ4n) is 1.85. The zero-order chi connectivity index (χ0) is 16.2. The summed E-state index contributed by atoms with van der Waals surface area (Å²) in [5.41, 5.74) is 1.18. The van der Waals surface area contributed by atoms with Crippen LogP contribution < -0.4 is 15.4 Å². The van der Waals surface area contributed by atoms with Gasteiger partial charge >= 0.3 is 0 Å². The molecular weight excluding hydrogens is 405 g/mol. The predicted molar refractivity (Wildman–Crippen MR) is 107 cm³/mol. The molecule has 1 aromatic carbocycles. The highest BCUT2D eigenvalue weighted by molar-refractivity contribution is 14.0. The lowest BCUT2D eigenvalue weighted by Gasteiger charge is -2.12. The maximum absolute atomic E-state index is 5.55. The number of benzene rings is 1. The van der Waals surface area contributed by atoms with Crippen LogP contribution in [0.15, 0.2) is 29.3 Å². The Labute approximate surface area is 157 Å². The van der Waals surface area contributed by atoms with E-state index in [0.717, 1.165) is 44.4 Å². The molecule has 0 aliphatic carbocycles. The van der Waals surface area contributed by atoms with Crippen LogP contribution in [0.1, 0.15) is 25.8 Å². The zero-order valence-electron chi connectivity index (χ0n) is 14.6. The number of nitrogens with one attached hydrogen (secondary N) is 2. The van der Waals surface area contributed by atoms with Crippen molar-refractivity contribution in [2.75, 3.05) is 33.9 Å². The maximum Gasteiger partial charge on any atom is 0.191 e. The largest absolute Gasteiger partial charge is 0.497 e. The minimum Gasteiger partial charge on any atom is -0.497 e. The molecule has 6 heteroatoms. The number of methoxy groups -OCH3 is 1. The molecule has 0 spiro atoms. The molecule has 0 fully saturated rings. The van der Waals surface area contributed by atoms with Crippen LogP contribution in [0.2, 0.25) is 0 Å². The predicted octanol–water partition coefficient (Wildman–Crippen LogP) is 3.04. The summed E-state index contributed by atoms with van der Waals surface area (Å²) in [6, 6.07) is 8.00. The number of nitrogens with zero attached hydrogens (tertiary/aromatic N) is 1. The van der Waals surface area contributed by atoms with Gasteiger partial charge < -0.3 is 20.1 Å². The van der Waals surface area contributed by atoms with Crippen molar-refractivity contribution in [3.8, 4) is 5.75 Å². The van der Waals surface area contributed by atoms with Crippen molar-refractivity contribution in [1.29, 1.82) is 0 Å². The van der Waals surface area contributed by atoms with Crippen LogP contribution in [0.3, 0.4) is 0 Å². The van der Waals surface area contributed by atoms with Crippen molar-refractivity contribution >= 4 is 29.9 Å². The average Bonchev–Trinajstić information content (AvgIpc) is 2.53. The van der Waals surface area contributed by atoms with Gasteiger partial charge in [0.15, 0.2) is 5.96 Å². The van der Waals surface area contributed by atoms with E-state index in [-0.39, 0.29) is 24.0 Å². The van der Waals surface area contributed by atoms with Gasteiger partial charge in [0.05, 0.1) is 7.11 Å². The maximum atomic E-state index is 5.55. The number of hydrogen-bond acceptors (Lipinski definition) is 3. The van der Waals surface area contributed by atoms with E-state index in [2.05, 4.69) is 29.5 Å². The average molecular weight is 435 g/mol. The van der Waals surface area contributed by atoms with Gasteiger partial charge in [0, 0.05) is 33.4 Å². The molecule has 0 heterocycles. The molecule has 0 aliphatic heterocycles. The molecule has 0 aliphatic rings. The molecule has 2 N–H and O–H groups in total. The number of aliphatic imine (C=N–C) groups is 1. The van der Waals surface area contributed by atoms with Gasteiger partial charge in [-0.15, -0.1) is 24.0 Å². The normalized spacial score (nSPS) is 11.1. The molecule has 0 bridgehead atoms. The molecule has 0 atom stereocenters. The van der Waals surface area contributed by atoms with Crippen molar-refractivity contribution < 1.29 is 9.47 Å².